The van der Waals surface area contributed by atoms with Gasteiger partial charge in [0.2, 0.25) is 0 Å². The van der Waals surface area contributed by atoms with E-state index in [-0.39, 0.29) is 38.7 Å². The molecular formula is C106H105B2BrCl2O10P4Pd. The Morgan fingerprint density at radius 3 is 0.690 bits per heavy atom. The molecule has 0 aromatic heterocycles. The van der Waals surface area contributed by atoms with Crippen molar-refractivity contribution in [3.8, 4) is 11.5 Å². The molecule has 0 saturated carbocycles. The Kier molecular flexibility index (Phi) is 40.0. The van der Waals surface area contributed by atoms with Gasteiger partial charge in [-0.15, -0.1) is 6.58 Å². The van der Waals surface area contributed by atoms with Gasteiger partial charge in [0.1, 0.15) is 11.5 Å². The average molecular weight is 1940 g/mol. The maximum Gasteiger partial charge on any atom is 0.487 e. The number of carbonyl (C=O) groups is 2. The molecule has 16 rings (SSSR count). The zero-order valence-corrected chi connectivity index (χ0v) is 81.1. The van der Waals surface area contributed by atoms with Crippen LogP contribution in [0.25, 0.3) is 6.08 Å². The number of esters is 2. The summed E-state index contributed by atoms with van der Waals surface area (Å²) in [6.07, 6.45) is 1.75. The molecule has 0 bridgehead atoms. The van der Waals surface area contributed by atoms with E-state index in [9.17, 15) is 9.59 Å². The SMILES string of the molecule is C=CB1OC(C)(C)C(C)(C)O1.COC(=O)c1cc(/C=C/B2OC(C)(C)C(C)(C)O2)c(Cl)c(OC)c1.COC(=O)c1cc(Br)c(Cl)c(OC)c1.[Pd].c1ccc(P(c2ccccc2)c2ccccc2)cc1.c1ccc(P(c2ccccc2)c2ccccc2)cc1.c1ccc(P(c2ccccc2)c2ccccc2)cc1.c1ccc(P(c2ccccc2)c2ccccc2)cc1. The number of hydrogen-bond donors (Lipinski definition) is 0. The molecule has 10 nitrogen and oxygen atoms in total. The number of benzene rings is 14. The maximum absolute atomic E-state index is 11.8. The Morgan fingerprint density at radius 2 is 0.508 bits per heavy atom. The zero-order chi connectivity index (χ0) is 89.2. The zero-order valence-electron chi connectivity index (χ0n) is 72.9. The van der Waals surface area contributed by atoms with Crippen molar-refractivity contribution in [1.82, 2.24) is 0 Å². The van der Waals surface area contributed by atoms with Gasteiger partial charge in [-0.25, -0.2) is 9.59 Å². The van der Waals surface area contributed by atoms with Gasteiger partial charge in [-0.1, -0.05) is 405 Å². The minimum Gasteiger partial charge on any atom is -0.495 e. The normalized spacial score (nSPS) is 13.4. The van der Waals surface area contributed by atoms with E-state index in [0.29, 0.717) is 42.7 Å². The van der Waals surface area contributed by atoms with E-state index < -0.39 is 61.9 Å². The Hall–Kier alpha value is -9.49. The van der Waals surface area contributed by atoms with Gasteiger partial charge in [-0.2, -0.15) is 0 Å². The van der Waals surface area contributed by atoms with Crippen LogP contribution in [0.5, 0.6) is 11.5 Å². The predicted molar refractivity (Wildman–Crippen MR) is 538 cm³/mol. The van der Waals surface area contributed by atoms with Crippen LogP contribution in [0.15, 0.2) is 411 Å². The third kappa shape index (κ3) is 28.5. The third-order valence-electron chi connectivity index (χ3n) is 20.7. The van der Waals surface area contributed by atoms with Crippen LogP contribution in [0.2, 0.25) is 10.0 Å². The van der Waals surface area contributed by atoms with Crippen molar-refractivity contribution in [2.75, 3.05) is 28.4 Å². The van der Waals surface area contributed by atoms with Crippen LogP contribution in [0.4, 0.5) is 0 Å². The average Bonchev–Trinajstić information content (AvgIpc) is 1.64. The van der Waals surface area contributed by atoms with Crippen LogP contribution in [-0.2, 0) is 48.5 Å². The Labute approximate surface area is 783 Å². The van der Waals surface area contributed by atoms with Gasteiger partial charge < -0.3 is 37.6 Å². The second-order valence-electron chi connectivity index (χ2n) is 30.3. The summed E-state index contributed by atoms with van der Waals surface area (Å²) in [6, 6.07) is 136. The quantitative estimate of drug-likeness (QED) is 0.0441. The van der Waals surface area contributed by atoms with Gasteiger partial charge in [-0.05, 0) is 196 Å². The predicted octanol–water partition coefficient (Wildman–Crippen LogP) is 22.3. The van der Waals surface area contributed by atoms with Gasteiger partial charge in [0.05, 0.1) is 72.0 Å². The summed E-state index contributed by atoms with van der Waals surface area (Å²) in [5.41, 5.74) is 0.0611. The van der Waals surface area contributed by atoms with Crippen molar-refractivity contribution >= 4 is 167 Å². The monoisotopic (exact) mass is 1940 g/mol. The number of methoxy groups -OCH3 is 4. The fourth-order valence-corrected chi connectivity index (χ4v) is 23.0. The number of halogens is 3. The van der Waals surface area contributed by atoms with Crippen LogP contribution in [0.1, 0.15) is 81.7 Å². The molecule has 0 atom stereocenters. The first-order valence-corrected chi connectivity index (χ1v) is 47.7. The van der Waals surface area contributed by atoms with Gasteiger partial charge in [0.25, 0.3) is 0 Å². The molecule has 0 aliphatic carbocycles. The van der Waals surface area contributed by atoms with E-state index in [0.717, 1.165) is 0 Å². The molecule has 0 unspecified atom stereocenters. The molecule has 2 fully saturated rings. The van der Waals surface area contributed by atoms with Crippen LogP contribution >= 0.6 is 70.8 Å². The first kappa shape index (κ1) is 100. The summed E-state index contributed by atoms with van der Waals surface area (Å²) >= 11 is 15.4. The summed E-state index contributed by atoms with van der Waals surface area (Å²) in [6.45, 7) is 19.6. The van der Waals surface area contributed by atoms with E-state index in [1.54, 1.807) is 36.2 Å². The van der Waals surface area contributed by atoms with Crippen molar-refractivity contribution in [2.24, 2.45) is 0 Å². The molecule has 0 radical (unpaired) electrons. The van der Waals surface area contributed by atoms with E-state index >= 15 is 0 Å². The molecule has 2 saturated heterocycles. The van der Waals surface area contributed by atoms with E-state index in [4.69, 9.17) is 56.0 Å². The molecule has 0 N–H and O–H groups in total. The Morgan fingerprint density at radius 1 is 0.317 bits per heavy atom. The molecule has 646 valence electrons. The summed E-state index contributed by atoms with van der Waals surface area (Å²) in [7, 11) is 3.08. The maximum atomic E-state index is 11.8. The molecule has 0 spiro atoms. The number of ether oxygens (including phenoxy) is 4. The summed E-state index contributed by atoms with van der Waals surface area (Å²) in [5.74, 6) is 3.37. The third-order valence-corrected chi connectivity index (χ3v) is 32.1. The van der Waals surface area contributed by atoms with Crippen molar-refractivity contribution in [3.63, 3.8) is 0 Å². The molecule has 14 aromatic rings. The topological polar surface area (TPSA) is 108 Å². The molecule has 126 heavy (non-hydrogen) atoms. The fourth-order valence-electron chi connectivity index (χ4n) is 12.9. The van der Waals surface area contributed by atoms with E-state index in [1.165, 1.54) is 98.2 Å². The van der Waals surface area contributed by atoms with Crippen molar-refractivity contribution in [1.29, 1.82) is 0 Å². The van der Waals surface area contributed by atoms with Crippen LogP contribution in [0.3, 0.4) is 0 Å². The first-order chi connectivity index (χ1) is 60.4. The molecule has 20 heteroatoms. The van der Waals surface area contributed by atoms with E-state index in [2.05, 4.69) is 391 Å². The molecule has 2 aliphatic rings. The molecule has 14 aromatic carbocycles. The first-order valence-electron chi connectivity index (χ1n) is 40.8. The number of rotatable bonds is 19. The van der Waals surface area contributed by atoms with Crippen LogP contribution < -0.4 is 73.1 Å². The second kappa shape index (κ2) is 50.3. The molecule has 0 amide bonds. The van der Waals surface area contributed by atoms with Crippen LogP contribution in [-0.4, -0.2) is 77.0 Å². The van der Waals surface area contributed by atoms with E-state index in [1.807, 2.05) is 55.4 Å². The fraction of sp³-hybridized carbons (Fsp3) is 0.151. The number of hydrogen-bond acceptors (Lipinski definition) is 10. The standard InChI is InChI=1S/4C18H15P.C17H22BClO5.C9H8BrClO3.C8H15BO2.Pd/c4*1-4-10-16(11-5-1)19(17-12-6-2-7-13-17)18-14-8-3-9-15-18;1-16(2)17(3,4)24-18(23-16)8-7-11-9-12(15(20)22-6)10-13(21-5)14(11)19;1-13-7-4-5(9(12)14-2)3-6(10)8(7)11;1-6-9-10-7(2,3)8(4,5)11-9;/h4*1-15H;7-10H,1-6H3;3-4H,1-2H3;6H,1H2,2-5H3;/b;;;;8-7+;;;. The molecule has 2 aliphatic heterocycles. The largest absolute Gasteiger partial charge is 0.495 e. The second-order valence-corrected chi connectivity index (χ2v) is 40.7. The minimum atomic E-state index is -0.501. The molecular weight excluding hydrogens is 1840 g/mol. The van der Waals surface area contributed by atoms with Gasteiger partial charge in [0.15, 0.2) is 0 Å². The van der Waals surface area contributed by atoms with Gasteiger partial charge >= 0.3 is 26.2 Å². The van der Waals surface area contributed by atoms with Gasteiger partial charge in [0, 0.05) is 24.9 Å². The van der Waals surface area contributed by atoms with Crippen molar-refractivity contribution in [2.45, 2.75) is 77.8 Å². The van der Waals surface area contributed by atoms with Gasteiger partial charge in [-0.3, -0.25) is 0 Å². The summed E-state index contributed by atoms with van der Waals surface area (Å²) < 4.78 is 43.1. The summed E-state index contributed by atoms with van der Waals surface area (Å²) in [4.78, 5) is 23.0. The molecule has 2 heterocycles. The smallest absolute Gasteiger partial charge is 0.487 e. The minimum absolute atomic E-state index is 0. The number of carbonyl (C=O) groups excluding carboxylic acids is 2. The Bertz CT molecular complexity index is 4750. The Balaban J connectivity index is 0.000000168. The van der Waals surface area contributed by atoms with Crippen molar-refractivity contribution < 1.29 is 67.6 Å². The summed E-state index contributed by atoms with van der Waals surface area (Å²) in [5, 5.41) is 17.6. The van der Waals surface area contributed by atoms with Crippen LogP contribution in [0, 0.1) is 0 Å². The van der Waals surface area contributed by atoms with Crippen molar-refractivity contribution in [3.05, 3.63) is 438 Å².